The summed E-state index contributed by atoms with van der Waals surface area (Å²) in [5.41, 5.74) is 2.01. The molecule has 4 heteroatoms. The molecular weight excluding hydrogens is 206 g/mol. The fourth-order valence-electron chi connectivity index (χ4n) is 1.30. The van der Waals surface area contributed by atoms with Crippen LogP contribution >= 0.6 is 0 Å². The number of benzene rings is 1. The normalized spacial score (nSPS) is 11.8. The molecule has 0 aromatic heterocycles. The Hall–Kier alpha value is -1.84. The standard InChI is InChI=1S/C12H15NO3/c1-9-2-4-11(5-3-9)13-8-10(6-7-14)12(15)16/h2-5,7,10,13H,6,8H2,1H3,(H,15,16). The Morgan fingerprint density at radius 1 is 1.44 bits per heavy atom. The Morgan fingerprint density at radius 3 is 2.56 bits per heavy atom. The van der Waals surface area contributed by atoms with E-state index in [1.807, 2.05) is 31.2 Å². The molecule has 0 fully saturated rings. The van der Waals surface area contributed by atoms with E-state index in [2.05, 4.69) is 5.32 Å². The van der Waals surface area contributed by atoms with E-state index in [4.69, 9.17) is 5.11 Å². The number of hydrogen-bond donors (Lipinski definition) is 2. The van der Waals surface area contributed by atoms with E-state index in [-0.39, 0.29) is 13.0 Å². The summed E-state index contributed by atoms with van der Waals surface area (Å²) in [7, 11) is 0. The molecule has 1 atom stereocenters. The van der Waals surface area contributed by atoms with Gasteiger partial charge in [0.25, 0.3) is 0 Å². The first-order valence-electron chi connectivity index (χ1n) is 5.10. The highest BCUT2D eigenvalue weighted by molar-refractivity contribution is 5.74. The van der Waals surface area contributed by atoms with Crippen LogP contribution in [0.3, 0.4) is 0 Å². The highest BCUT2D eigenvalue weighted by Crippen LogP contribution is 2.10. The Labute approximate surface area is 94.3 Å². The Bertz CT molecular complexity index is 359. The lowest BCUT2D eigenvalue weighted by atomic mass is 10.1. The zero-order chi connectivity index (χ0) is 12.0. The van der Waals surface area contributed by atoms with Crippen molar-refractivity contribution in [3.05, 3.63) is 29.8 Å². The van der Waals surface area contributed by atoms with E-state index < -0.39 is 11.9 Å². The lowest BCUT2D eigenvalue weighted by molar-refractivity contribution is -0.142. The molecule has 4 nitrogen and oxygen atoms in total. The van der Waals surface area contributed by atoms with Crippen molar-refractivity contribution in [1.29, 1.82) is 0 Å². The molecule has 0 saturated carbocycles. The summed E-state index contributed by atoms with van der Waals surface area (Å²) in [6.45, 7) is 2.24. The van der Waals surface area contributed by atoms with Gasteiger partial charge in [-0.2, -0.15) is 0 Å². The number of carbonyl (C=O) groups excluding carboxylic acids is 1. The number of carbonyl (C=O) groups is 2. The molecule has 0 spiro atoms. The van der Waals surface area contributed by atoms with E-state index >= 15 is 0 Å². The summed E-state index contributed by atoms with van der Waals surface area (Å²) >= 11 is 0. The average molecular weight is 221 g/mol. The van der Waals surface area contributed by atoms with Crippen molar-refractivity contribution in [3.63, 3.8) is 0 Å². The van der Waals surface area contributed by atoms with Crippen LogP contribution in [0, 0.1) is 12.8 Å². The first-order valence-corrected chi connectivity index (χ1v) is 5.10. The van der Waals surface area contributed by atoms with Gasteiger partial charge in [0, 0.05) is 18.7 Å². The number of aliphatic carboxylic acids is 1. The number of rotatable bonds is 6. The summed E-state index contributed by atoms with van der Waals surface area (Å²) in [5, 5.41) is 11.8. The van der Waals surface area contributed by atoms with Crippen molar-refractivity contribution >= 4 is 17.9 Å². The quantitative estimate of drug-likeness (QED) is 0.717. The molecule has 0 aliphatic heterocycles. The molecule has 0 heterocycles. The number of anilines is 1. The second-order valence-corrected chi connectivity index (χ2v) is 3.68. The van der Waals surface area contributed by atoms with E-state index in [1.165, 1.54) is 0 Å². The van der Waals surface area contributed by atoms with Gasteiger partial charge in [0.2, 0.25) is 0 Å². The van der Waals surface area contributed by atoms with Gasteiger partial charge < -0.3 is 15.2 Å². The number of carboxylic acid groups (broad SMARTS) is 1. The van der Waals surface area contributed by atoms with Crippen LogP contribution in [0.25, 0.3) is 0 Å². The molecule has 0 bridgehead atoms. The number of aldehydes is 1. The molecule has 86 valence electrons. The number of nitrogens with one attached hydrogen (secondary N) is 1. The van der Waals surface area contributed by atoms with Crippen molar-refractivity contribution < 1.29 is 14.7 Å². The summed E-state index contributed by atoms with van der Waals surface area (Å²) in [6.07, 6.45) is 0.670. The van der Waals surface area contributed by atoms with Crippen LogP contribution in [-0.4, -0.2) is 23.9 Å². The molecule has 1 unspecified atom stereocenters. The van der Waals surface area contributed by atoms with Gasteiger partial charge in [-0.05, 0) is 19.1 Å². The van der Waals surface area contributed by atoms with E-state index in [1.54, 1.807) is 0 Å². The average Bonchev–Trinajstić information content (AvgIpc) is 2.26. The molecule has 0 saturated heterocycles. The van der Waals surface area contributed by atoms with Crippen LogP contribution in [0.15, 0.2) is 24.3 Å². The van der Waals surface area contributed by atoms with Gasteiger partial charge in [0.05, 0.1) is 5.92 Å². The second-order valence-electron chi connectivity index (χ2n) is 3.68. The highest BCUT2D eigenvalue weighted by Gasteiger charge is 2.16. The smallest absolute Gasteiger partial charge is 0.308 e. The fraction of sp³-hybridized carbons (Fsp3) is 0.333. The van der Waals surface area contributed by atoms with Crippen molar-refractivity contribution in [2.75, 3.05) is 11.9 Å². The van der Waals surface area contributed by atoms with E-state index in [0.29, 0.717) is 6.29 Å². The molecular formula is C12H15NO3. The molecule has 0 aliphatic carbocycles. The zero-order valence-electron chi connectivity index (χ0n) is 9.14. The molecule has 1 aromatic carbocycles. The molecule has 0 amide bonds. The third kappa shape index (κ3) is 3.73. The summed E-state index contributed by atoms with van der Waals surface area (Å²) in [6, 6.07) is 7.65. The largest absolute Gasteiger partial charge is 0.481 e. The molecule has 2 N–H and O–H groups in total. The zero-order valence-corrected chi connectivity index (χ0v) is 9.14. The minimum atomic E-state index is -0.952. The molecule has 0 aliphatic rings. The van der Waals surface area contributed by atoms with Gasteiger partial charge in [-0.25, -0.2) is 0 Å². The van der Waals surface area contributed by atoms with Crippen LogP contribution in [-0.2, 0) is 9.59 Å². The Morgan fingerprint density at radius 2 is 2.06 bits per heavy atom. The summed E-state index contributed by atoms with van der Waals surface area (Å²) < 4.78 is 0. The number of hydrogen-bond acceptors (Lipinski definition) is 3. The lowest BCUT2D eigenvalue weighted by Gasteiger charge is -2.11. The maximum Gasteiger partial charge on any atom is 0.308 e. The van der Waals surface area contributed by atoms with Crippen LogP contribution in [0.2, 0.25) is 0 Å². The van der Waals surface area contributed by atoms with E-state index in [9.17, 15) is 9.59 Å². The number of aryl methyl sites for hydroxylation is 1. The maximum atomic E-state index is 10.8. The Balaban J connectivity index is 2.51. The lowest BCUT2D eigenvalue weighted by Crippen LogP contribution is -2.23. The van der Waals surface area contributed by atoms with Gasteiger partial charge in [-0.1, -0.05) is 17.7 Å². The Kier molecular flexibility index (Phi) is 4.51. The SMILES string of the molecule is Cc1ccc(NCC(CC=O)C(=O)O)cc1. The molecule has 1 rings (SSSR count). The minimum Gasteiger partial charge on any atom is -0.481 e. The van der Waals surface area contributed by atoms with Gasteiger partial charge >= 0.3 is 5.97 Å². The van der Waals surface area contributed by atoms with Gasteiger partial charge in [0.1, 0.15) is 6.29 Å². The van der Waals surface area contributed by atoms with Crippen LogP contribution in [0.5, 0.6) is 0 Å². The van der Waals surface area contributed by atoms with Crippen LogP contribution < -0.4 is 5.32 Å². The first-order chi connectivity index (χ1) is 7.63. The van der Waals surface area contributed by atoms with Crippen molar-refractivity contribution in [1.82, 2.24) is 0 Å². The third-order valence-corrected chi connectivity index (χ3v) is 2.33. The summed E-state index contributed by atoms with van der Waals surface area (Å²) in [5.74, 6) is -1.62. The monoisotopic (exact) mass is 221 g/mol. The van der Waals surface area contributed by atoms with Crippen LogP contribution in [0.4, 0.5) is 5.69 Å². The van der Waals surface area contributed by atoms with Crippen molar-refractivity contribution in [3.8, 4) is 0 Å². The second kappa shape index (κ2) is 5.90. The highest BCUT2D eigenvalue weighted by atomic mass is 16.4. The van der Waals surface area contributed by atoms with Gasteiger partial charge in [-0.3, -0.25) is 4.79 Å². The van der Waals surface area contributed by atoms with Crippen molar-refractivity contribution in [2.24, 2.45) is 5.92 Å². The summed E-state index contributed by atoms with van der Waals surface area (Å²) in [4.78, 5) is 21.1. The predicted octanol–water partition coefficient (Wildman–Crippen LogP) is 1.70. The van der Waals surface area contributed by atoms with Gasteiger partial charge in [-0.15, -0.1) is 0 Å². The van der Waals surface area contributed by atoms with E-state index in [0.717, 1.165) is 11.3 Å². The number of carboxylic acids is 1. The van der Waals surface area contributed by atoms with Crippen LogP contribution in [0.1, 0.15) is 12.0 Å². The van der Waals surface area contributed by atoms with Gasteiger partial charge in [0.15, 0.2) is 0 Å². The minimum absolute atomic E-state index is 0.0359. The third-order valence-electron chi connectivity index (χ3n) is 2.33. The first kappa shape index (κ1) is 12.2. The molecule has 16 heavy (non-hydrogen) atoms. The molecule has 0 radical (unpaired) electrons. The predicted molar refractivity (Wildman–Crippen MR) is 61.5 cm³/mol. The van der Waals surface area contributed by atoms with Crippen molar-refractivity contribution in [2.45, 2.75) is 13.3 Å². The topological polar surface area (TPSA) is 66.4 Å². The maximum absolute atomic E-state index is 10.8. The fourth-order valence-corrected chi connectivity index (χ4v) is 1.30. The molecule has 1 aromatic rings.